The lowest BCUT2D eigenvalue weighted by molar-refractivity contribution is 1.21. The molecule has 0 saturated heterocycles. The van der Waals surface area contributed by atoms with E-state index in [9.17, 15) is 0 Å². The van der Waals surface area contributed by atoms with Gasteiger partial charge in [-0.15, -0.1) is 0 Å². The first-order valence-corrected chi connectivity index (χ1v) is 5.78. The summed E-state index contributed by atoms with van der Waals surface area (Å²) in [5, 5.41) is 4.61. The topological polar surface area (TPSA) is 40.7 Å². The molecule has 3 nitrogen and oxygen atoms in total. The predicted molar refractivity (Wildman–Crippen MR) is 67.5 cm³/mol. The number of nitrogens with zero attached hydrogens (tertiary/aromatic N) is 1. The molecule has 16 heavy (non-hydrogen) atoms. The molecule has 2 aromatic rings. The number of fused-ring (bicyclic) bond motifs is 1. The van der Waals surface area contributed by atoms with Gasteiger partial charge in [-0.25, -0.2) is 4.98 Å². The van der Waals surface area contributed by atoms with Gasteiger partial charge in [-0.05, 0) is 25.8 Å². The van der Waals surface area contributed by atoms with Crippen LogP contribution in [0.4, 0.5) is 5.69 Å². The summed E-state index contributed by atoms with van der Waals surface area (Å²) in [6.07, 6.45) is 8.64. The van der Waals surface area contributed by atoms with Crippen LogP contribution in [0, 0.1) is 0 Å². The number of nitrogens with one attached hydrogen (secondary N) is 2. The van der Waals surface area contributed by atoms with Gasteiger partial charge < -0.3 is 10.3 Å². The quantitative estimate of drug-likeness (QED) is 0.822. The first-order chi connectivity index (χ1) is 7.88. The number of allylic oxidation sites excluding steroid dienone is 1. The molecule has 2 aromatic heterocycles. The molecule has 0 amide bonds. The second-order valence-electron chi connectivity index (χ2n) is 4.16. The first-order valence-electron chi connectivity index (χ1n) is 5.78. The monoisotopic (exact) mass is 213 g/mol. The van der Waals surface area contributed by atoms with Gasteiger partial charge in [0.2, 0.25) is 0 Å². The summed E-state index contributed by atoms with van der Waals surface area (Å²) in [5.74, 6) is 0. The van der Waals surface area contributed by atoms with Gasteiger partial charge in [0.15, 0.2) is 0 Å². The van der Waals surface area contributed by atoms with Crippen molar-refractivity contribution in [2.45, 2.75) is 19.8 Å². The van der Waals surface area contributed by atoms with Gasteiger partial charge in [0.25, 0.3) is 0 Å². The molecular weight excluding hydrogens is 198 g/mol. The second-order valence-corrected chi connectivity index (χ2v) is 4.16. The Morgan fingerprint density at radius 1 is 1.50 bits per heavy atom. The number of anilines is 1. The van der Waals surface area contributed by atoms with Crippen molar-refractivity contribution in [3.05, 3.63) is 29.6 Å². The smallest absolute Gasteiger partial charge is 0.139 e. The molecule has 0 aliphatic heterocycles. The number of rotatable bonds is 3. The van der Waals surface area contributed by atoms with Crippen LogP contribution in [0.5, 0.6) is 0 Å². The minimum atomic E-state index is 0.931. The molecule has 3 rings (SSSR count). The SMILES string of the molecule is CCNc1c(C=C2CC2)cnc2[nH]ccc12. The summed E-state index contributed by atoms with van der Waals surface area (Å²) in [6.45, 7) is 3.05. The van der Waals surface area contributed by atoms with Gasteiger partial charge in [-0.1, -0.05) is 11.6 Å². The summed E-state index contributed by atoms with van der Waals surface area (Å²) < 4.78 is 0. The molecule has 0 spiro atoms. The molecule has 0 aromatic carbocycles. The highest BCUT2D eigenvalue weighted by molar-refractivity contribution is 5.94. The normalized spacial score (nSPS) is 14.2. The molecule has 0 bridgehead atoms. The maximum absolute atomic E-state index is 4.42. The predicted octanol–water partition coefficient (Wildman–Crippen LogP) is 3.17. The standard InChI is InChI=1S/C13H15N3/c1-2-14-12-10(7-9-3-4-9)8-16-13-11(12)5-6-15-13/h5-8H,2-4H2,1H3,(H2,14,15,16). The zero-order chi connectivity index (χ0) is 11.0. The third-order valence-electron chi connectivity index (χ3n) is 2.87. The largest absolute Gasteiger partial charge is 0.384 e. The Hall–Kier alpha value is -1.77. The number of aromatic nitrogens is 2. The van der Waals surface area contributed by atoms with Gasteiger partial charge in [0.1, 0.15) is 5.65 Å². The maximum Gasteiger partial charge on any atom is 0.139 e. The van der Waals surface area contributed by atoms with Crippen LogP contribution < -0.4 is 5.32 Å². The van der Waals surface area contributed by atoms with E-state index in [-0.39, 0.29) is 0 Å². The first kappa shape index (κ1) is 9.46. The highest BCUT2D eigenvalue weighted by atomic mass is 14.9. The lowest BCUT2D eigenvalue weighted by atomic mass is 10.1. The van der Waals surface area contributed by atoms with Crippen molar-refractivity contribution in [1.82, 2.24) is 9.97 Å². The molecule has 2 N–H and O–H groups in total. The fourth-order valence-corrected chi connectivity index (χ4v) is 1.94. The Kier molecular flexibility index (Phi) is 2.17. The minimum Gasteiger partial charge on any atom is -0.384 e. The summed E-state index contributed by atoms with van der Waals surface area (Å²) >= 11 is 0. The average Bonchev–Trinajstić information content (AvgIpc) is 2.96. The summed E-state index contributed by atoms with van der Waals surface area (Å²) in [6, 6.07) is 2.08. The number of pyridine rings is 1. The third-order valence-corrected chi connectivity index (χ3v) is 2.87. The van der Waals surface area contributed by atoms with Crippen LogP contribution in [0.15, 0.2) is 24.0 Å². The van der Waals surface area contributed by atoms with E-state index in [1.165, 1.54) is 35.1 Å². The Labute approximate surface area is 94.6 Å². The Balaban J connectivity index is 2.17. The highest BCUT2D eigenvalue weighted by Crippen LogP contribution is 2.34. The van der Waals surface area contributed by atoms with Crippen LogP contribution in [0.1, 0.15) is 25.3 Å². The van der Waals surface area contributed by atoms with Crippen LogP contribution in [0.25, 0.3) is 17.1 Å². The molecule has 0 atom stereocenters. The van der Waals surface area contributed by atoms with Crippen LogP contribution >= 0.6 is 0 Å². The van der Waals surface area contributed by atoms with E-state index in [1.54, 1.807) is 0 Å². The number of hydrogen-bond donors (Lipinski definition) is 2. The Morgan fingerprint density at radius 3 is 3.12 bits per heavy atom. The van der Waals surface area contributed by atoms with Gasteiger partial charge in [-0.2, -0.15) is 0 Å². The van der Waals surface area contributed by atoms with E-state index in [0.717, 1.165) is 12.2 Å². The number of aromatic amines is 1. The molecule has 3 heteroatoms. The van der Waals surface area contributed by atoms with E-state index in [0.29, 0.717) is 0 Å². The van der Waals surface area contributed by atoms with Crippen molar-refractivity contribution >= 4 is 22.8 Å². The zero-order valence-corrected chi connectivity index (χ0v) is 9.38. The fraction of sp³-hybridized carbons (Fsp3) is 0.308. The van der Waals surface area contributed by atoms with Crippen molar-refractivity contribution < 1.29 is 0 Å². The van der Waals surface area contributed by atoms with E-state index in [1.807, 2.05) is 12.4 Å². The van der Waals surface area contributed by atoms with Crippen molar-refractivity contribution in [3.8, 4) is 0 Å². The lowest BCUT2D eigenvalue weighted by Crippen LogP contribution is -2.00. The third kappa shape index (κ3) is 1.58. The molecule has 0 radical (unpaired) electrons. The van der Waals surface area contributed by atoms with Crippen LogP contribution in [0.3, 0.4) is 0 Å². The summed E-state index contributed by atoms with van der Waals surface area (Å²) in [7, 11) is 0. The van der Waals surface area contributed by atoms with E-state index in [4.69, 9.17) is 0 Å². The number of H-pyrrole nitrogens is 1. The van der Waals surface area contributed by atoms with Crippen molar-refractivity contribution in [3.63, 3.8) is 0 Å². The van der Waals surface area contributed by atoms with Crippen LogP contribution in [-0.4, -0.2) is 16.5 Å². The van der Waals surface area contributed by atoms with Crippen molar-refractivity contribution in [1.29, 1.82) is 0 Å². The average molecular weight is 213 g/mol. The zero-order valence-electron chi connectivity index (χ0n) is 9.38. The molecule has 2 heterocycles. The molecule has 0 unspecified atom stereocenters. The van der Waals surface area contributed by atoms with Crippen LogP contribution in [-0.2, 0) is 0 Å². The van der Waals surface area contributed by atoms with Gasteiger partial charge in [0, 0.05) is 29.9 Å². The lowest BCUT2D eigenvalue weighted by Gasteiger charge is -2.08. The van der Waals surface area contributed by atoms with E-state index in [2.05, 4.69) is 34.4 Å². The Morgan fingerprint density at radius 2 is 2.38 bits per heavy atom. The highest BCUT2D eigenvalue weighted by Gasteiger charge is 2.13. The maximum atomic E-state index is 4.42. The van der Waals surface area contributed by atoms with Crippen LogP contribution in [0.2, 0.25) is 0 Å². The molecule has 1 saturated carbocycles. The minimum absolute atomic E-state index is 0.931. The molecular formula is C13H15N3. The molecule has 82 valence electrons. The fourth-order valence-electron chi connectivity index (χ4n) is 1.94. The molecule has 1 aliphatic rings. The summed E-state index contributed by atoms with van der Waals surface area (Å²) in [5.41, 5.74) is 4.89. The summed E-state index contributed by atoms with van der Waals surface area (Å²) in [4.78, 5) is 7.57. The van der Waals surface area contributed by atoms with Crippen molar-refractivity contribution in [2.24, 2.45) is 0 Å². The van der Waals surface area contributed by atoms with Gasteiger partial charge in [0.05, 0.1) is 5.69 Å². The second kappa shape index (κ2) is 3.67. The van der Waals surface area contributed by atoms with Gasteiger partial charge in [-0.3, -0.25) is 0 Å². The Bertz CT molecular complexity index is 545. The van der Waals surface area contributed by atoms with E-state index >= 15 is 0 Å². The molecule has 1 fully saturated rings. The van der Waals surface area contributed by atoms with Crippen molar-refractivity contribution in [2.75, 3.05) is 11.9 Å². The molecule has 1 aliphatic carbocycles. The van der Waals surface area contributed by atoms with Gasteiger partial charge >= 0.3 is 0 Å². The number of hydrogen-bond acceptors (Lipinski definition) is 2. The van der Waals surface area contributed by atoms with E-state index < -0.39 is 0 Å².